The second-order valence-corrected chi connectivity index (χ2v) is 5.96. The van der Waals surface area contributed by atoms with Gasteiger partial charge in [0.1, 0.15) is 18.1 Å². The first-order valence-corrected chi connectivity index (χ1v) is 8.16. The molecule has 3 rings (SSSR count). The molecule has 0 saturated carbocycles. The lowest BCUT2D eigenvalue weighted by atomic mass is 10.1. The average Bonchev–Trinajstić information content (AvgIpc) is 2.67. The summed E-state index contributed by atoms with van der Waals surface area (Å²) >= 11 is 0. The molecule has 1 unspecified atom stereocenters. The number of amides is 2. The summed E-state index contributed by atoms with van der Waals surface area (Å²) < 4.78 is 18.1. The highest BCUT2D eigenvalue weighted by Crippen LogP contribution is 2.23. The lowest BCUT2D eigenvalue weighted by Gasteiger charge is -2.35. The van der Waals surface area contributed by atoms with E-state index in [-0.39, 0.29) is 12.5 Å². The molecule has 1 N–H and O–H groups in total. The molecule has 26 heavy (non-hydrogen) atoms. The summed E-state index contributed by atoms with van der Waals surface area (Å²) in [4.78, 5) is 27.8. The third kappa shape index (κ3) is 3.67. The minimum Gasteiger partial charge on any atom is -0.497 e. The number of carbonyl (C=O) groups excluding carboxylic acids is 2. The zero-order valence-corrected chi connectivity index (χ0v) is 14.3. The van der Waals surface area contributed by atoms with Gasteiger partial charge in [-0.05, 0) is 42.0 Å². The van der Waals surface area contributed by atoms with Crippen molar-refractivity contribution in [2.24, 2.45) is 0 Å². The van der Waals surface area contributed by atoms with E-state index in [9.17, 15) is 19.1 Å². The smallest absolute Gasteiger partial charge is 0.256 e. The van der Waals surface area contributed by atoms with Crippen molar-refractivity contribution in [2.75, 3.05) is 31.6 Å². The van der Waals surface area contributed by atoms with Gasteiger partial charge in [-0.1, -0.05) is 12.1 Å². The average molecular weight is 358 g/mol. The highest BCUT2D eigenvalue weighted by Gasteiger charge is 2.31. The minimum atomic E-state index is -1.42. The summed E-state index contributed by atoms with van der Waals surface area (Å²) in [6.45, 7) is 0.505. The van der Waals surface area contributed by atoms with Gasteiger partial charge >= 0.3 is 0 Å². The molecule has 1 heterocycles. The van der Waals surface area contributed by atoms with Crippen molar-refractivity contribution >= 4 is 17.5 Å². The number of benzene rings is 2. The predicted molar refractivity (Wildman–Crippen MR) is 93.3 cm³/mol. The highest BCUT2D eigenvalue weighted by molar-refractivity contribution is 5.98. The molecule has 1 aliphatic rings. The molecule has 1 fully saturated rings. The molecule has 1 atom stereocenters. The second-order valence-electron chi connectivity index (χ2n) is 5.96. The summed E-state index contributed by atoms with van der Waals surface area (Å²) in [5.41, 5.74) is 1.02. The van der Waals surface area contributed by atoms with Crippen LogP contribution >= 0.6 is 0 Å². The monoisotopic (exact) mass is 358 g/mol. The Balaban J connectivity index is 1.66. The van der Waals surface area contributed by atoms with Crippen molar-refractivity contribution < 1.29 is 23.8 Å². The van der Waals surface area contributed by atoms with Gasteiger partial charge in [-0.2, -0.15) is 0 Å². The van der Waals surface area contributed by atoms with Crippen LogP contribution in [0.1, 0.15) is 11.7 Å². The standard InChI is InChI=1S/C19H19FN2O4/c1-26-16-8-6-15(7-9-16)22-11-10-21(12-17(22)23)19(25)18(24)13-2-4-14(20)5-3-13/h2-9,18,24H,10-12H2,1H3. The number of aliphatic hydroxyl groups is 1. The molecule has 2 aromatic carbocycles. The van der Waals surface area contributed by atoms with Gasteiger partial charge in [-0.25, -0.2) is 4.39 Å². The highest BCUT2D eigenvalue weighted by atomic mass is 19.1. The van der Waals surface area contributed by atoms with Crippen LogP contribution in [0.25, 0.3) is 0 Å². The van der Waals surface area contributed by atoms with Crippen LogP contribution in [0.3, 0.4) is 0 Å². The van der Waals surface area contributed by atoms with Gasteiger partial charge in [-0.15, -0.1) is 0 Å². The fourth-order valence-electron chi connectivity index (χ4n) is 2.86. The molecule has 1 saturated heterocycles. The van der Waals surface area contributed by atoms with Crippen molar-refractivity contribution in [1.29, 1.82) is 0 Å². The summed E-state index contributed by atoms with van der Waals surface area (Å²) in [5, 5.41) is 10.2. The number of nitrogens with zero attached hydrogens (tertiary/aromatic N) is 2. The maximum absolute atomic E-state index is 13.0. The van der Waals surface area contributed by atoms with Crippen LogP contribution in [0.15, 0.2) is 48.5 Å². The molecule has 0 spiro atoms. The quantitative estimate of drug-likeness (QED) is 0.904. The molecule has 2 amide bonds. The summed E-state index contributed by atoms with van der Waals surface area (Å²) in [7, 11) is 1.57. The minimum absolute atomic E-state index is 0.122. The number of rotatable bonds is 4. The van der Waals surface area contributed by atoms with E-state index in [1.807, 2.05) is 0 Å². The Kier molecular flexibility index (Phi) is 5.18. The van der Waals surface area contributed by atoms with Crippen LogP contribution in [0.5, 0.6) is 5.75 Å². The van der Waals surface area contributed by atoms with E-state index in [2.05, 4.69) is 0 Å². The molecule has 2 aromatic rings. The van der Waals surface area contributed by atoms with Crippen molar-refractivity contribution in [3.63, 3.8) is 0 Å². The maximum atomic E-state index is 13.0. The van der Waals surface area contributed by atoms with Crippen LogP contribution in [0.2, 0.25) is 0 Å². The number of aliphatic hydroxyl groups excluding tert-OH is 1. The molecule has 136 valence electrons. The first kappa shape index (κ1) is 17.9. The van der Waals surface area contributed by atoms with E-state index in [0.717, 1.165) is 5.69 Å². The van der Waals surface area contributed by atoms with E-state index in [4.69, 9.17) is 4.74 Å². The van der Waals surface area contributed by atoms with Gasteiger partial charge in [0, 0.05) is 18.8 Å². The Labute approximate surface area is 150 Å². The molecule has 0 radical (unpaired) electrons. The van der Waals surface area contributed by atoms with Gasteiger partial charge in [0.2, 0.25) is 5.91 Å². The SMILES string of the molecule is COc1ccc(N2CCN(C(=O)C(O)c3ccc(F)cc3)CC2=O)cc1. The van der Waals surface area contributed by atoms with E-state index >= 15 is 0 Å². The van der Waals surface area contributed by atoms with Crippen LogP contribution < -0.4 is 9.64 Å². The number of hydrogen-bond acceptors (Lipinski definition) is 4. The van der Waals surface area contributed by atoms with Crippen LogP contribution in [0, 0.1) is 5.82 Å². The van der Waals surface area contributed by atoms with Crippen LogP contribution in [0.4, 0.5) is 10.1 Å². The van der Waals surface area contributed by atoms with E-state index < -0.39 is 17.8 Å². The third-order valence-electron chi connectivity index (χ3n) is 4.34. The molecular weight excluding hydrogens is 339 g/mol. The van der Waals surface area contributed by atoms with Crippen LogP contribution in [-0.2, 0) is 9.59 Å². The van der Waals surface area contributed by atoms with E-state index in [1.54, 1.807) is 36.3 Å². The first-order valence-electron chi connectivity index (χ1n) is 8.16. The first-order chi connectivity index (χ1) is 12.5. The number of ether oxygens (including phenoxy) is 1. The second kappa shape index (κ2) is 7.53. The van der Waals surface area contributed by atoms with Crippen LogP contribution in [-0.4, -0.2) is 48.6 Å². The lowest BCUT2D eigenvalue weighted by molar-refractivity contribution is -0.144. The van der Waals surface area contributed by atoms with Gasteiger partial charge in [0.25, 0.3) is 5.91 Å². The Morgan fingerprint density at radius 1 is 1.12 bits per heavy atom. The number of halogens is 1. The molecule has 0 bridgehead atoms. The largest absolute Gasteiger partial charge is 0.497 e. The Hall–Kier alpha value is -2.93. The number of anilines is 1. The zero-order valence-electron chi connectivity index (χ0n) is 14.3. The van der Waals surface area contributed by atoms with E-state index in [1.165, 1.54) is 29.2 Å². The zero-order chi connectivity index (χ0) is 18.7. The summed E-state index contributed by atoms with van der Waals surface area (Å²) in [5.74, 6) is -0.561. The molecule has 0 aliphatic carbocycles. The number of piperazine rings is 1. The van der Waals surface area contributed by atoms with Gasteiger partial charge < -0.3 is 19.6 Å². The van der Waals surface area contributed by atoms with Crippen molar-refractivity contribution in [1.82, 2.24) is 4.90 Å². The summed E-state index contributed by atoms with van der Waals surface area (Å²) in [6.07, 6.45) is -1.42. The Bertz CT molecular complexity index is 792. The molecule has 1 aliphatic heterocycles. The maximum Gasteiger partial charge on any atom is 0.256 e. The fourth-order valence-corrected chi connectivity index (χ4v) is 2.86. The normalized spacial score (nSPS) is 15.7. The van der Waals surface area contributed by atoms with E-state index in [0.29, 0.717) is 24.4 Å². The molecule has 7 heteroatoms. The molecule has 6 nitrogen and oxygen atoms in total. The predicted octanol–water partition coefficient (Wildman–Crippen LogP) is 1.74. The number of hydrogen-bond donors (Lipinski definition) is 1. The van der Waals surface area contributed by atoms with Crippen molar-refractivity contribution in [2.45, 2.75) is 6.10 Å². The summed E-state index contributed by atoms with van der Waals surface area (Å²) in [6, 6.07) is 12.2. The van der Waals surface area contributed by atoms with Crippen molar-refractivity contribution in [3.8, 4) is 5.75 Å². The number of carbonyl (C=O) groups is 2. The number of methoxy groups -OCH3 is 1. The molecule has 0 aromatic heterocycles. The topological polar surface area (TPSA) is 70.1 Å². The van der Waals surface area contributed by atoms with Gasteiger partial charge in [-0.3, -0.25) is 9.59 Å². The van der Waals surface area contributed by atoms with Crippen molar-refractivity contribution in [3.05, 3.63) is 59.9 Å². The molecular formula is C19H19FN2O4. The van der Waals surface area contributed by atoms with Gasteiger partial charge in [0.15, 0.2) is 6.10 Å². The third-order valence-corrected chi connectivity index (χ3v) is 4.34. The Morgan fingerprint density at radius 3 is 2.35 bits per heavy atom. The fraction of sp³-hybridized carbons (Fsp3) is 0.263. The van der Waals surface area contributed by atoms with Gasteiger partial charge in [0.05, 0.1) is 7.11 Å². The Morgan fingerprint density at radius 2 is 1.77 bits per heavy atom. The lowest BCUT2D eigenvalue weighted by Crippen LogP contribution is -2.53.